The molecule has 0 aliphatic carbocycles. The standard InChI is InChI=1S/C12H16N2O2S/c1-8-6-10(11(13)15)12(14-7-8)16-9-2-4-17-5-3-9/h6-7,9H,2-5H2,1H3,(H2,13,15). The number of carbonyl (C=O) groups excluding carboxylic acids is 1. The molecule has 2 heterocycles. The van der Waals surface area contributed by atoms with Crippen LogP contribution in [-0.2, 0) is 0 Å². The van der Waals surface area contributed by atoms with E-state index in [0.29, 0.717) is 11.4 Å². The molecule has 4 nitrogen and oxygen atoms in total. The monoisotopic (exact) mass is 252 g/mol. The molecule has 1 amide bonds. The number of rotatable bonds is 3. The normalized spacial score (nSPS) is 16.8. The van der Waals surface area contributed by atoms with Crippen molar-refractivity contribution in [2.24, 2.45) is 5.73 Å². The van der Waals surface area contributed by atoms with Crippen LogP contribution >= 0.6 is 11.8 Å². The van der Waals surface area contributed by atoms with Crippen LogP contribution in [0.15, 0.2) is 12.3 Å². The summed E-state index contributed by atoms with van der Waals surface area (Å²) in [4.78, 5) is 15.5. The maximum Gasteiger partial charge on any atom is 0.254 e. The van der Waals surface area contributed by atoms with Crippen molar-refractivity contribution in [1.29, 1.82) is 0 Å². The van der Waals surface area contributed by atoms with E-state index >= 15 is 0 Å². The molecule has 1 fully saturated rings. The number of amides is 1. The predicted molar refractivity (Wildman–Crippen MR) is 68.5 cm³/mol. The molecule has 5 heteroatoms. The largest absolute Gasteiger partial charge is 0.474 e. The van der Waals surface area contributed by atoms with E-state index in [4.69, 9.17) is 10.5 Å². The van der Waals surface area contributed by atoms with Gasteiger partial charge in [-0.2, -0.15) is 11.8 Å². The van der Waals surface area contributed by atoms with Crippen LogP contribution in [0.3, 0.4) is 0 Å². The number of hydrogen-bond donors (Lipinski definition) is 1. The van der Waals surface area contributed by atoms with E-state index in [1.807, 2.05) is 18.7 Å². The number of aryl methyl sites for hydroxylation is 1. The van der Waals surface area contributed by atoms with E-state index in [1.165, 1.54) is 0 Å². The Morgan fingerprint density at radius 2 is 2.24 bits per heavy atom. The molecular formula is C12H16N2O2S. The van der Waals surface area contributed by atoms with E-state index in [0.717, 1.165) is 29.9 Å². The minimum atomic E-state index is -0.485. The highest BCUT2D eigenvalue weighted by atomic mass is 32.2. The lowest BCUT2D eigenvalue weighted by Gasteiger charge is -2.22. The number of nitrogens with zero attached hydrogens (tertiary/aromatic N) is 1. The van der Waals surface area contributed by atoms with Gasteiger partial charge in [0, 0.05) is 6.20 Å². The number of thioether (sulfide) groups is 1. The molecule has 1 saturated heterocycles. The van der Waals surface area contributed by atoms with Crippen molar-refractivity contribution in [3.63, 3.8) is 0 Å². The van der Waals surface area contributed by atoms with Gasteiger partial charge in [-0.1, -0.05) is 0 Å². The summed E-state index contributed by atoms with van der Waals surface area (Å²) >= 11 is 1.93. The highest BCUT2D eigenvalue weighted by Gasteiger charge is 2.19. The number of aromatic nitrogens is 1. The summed E-state index contributed by atoms with van der Waals surface area (Å²) in [7, 11) is 0. The fourth-order valence-corrected chi connectivity index (χ4v) is 2.84. The van der Waals surface area contributed by atoms with Gasteiger partial charge in [-0.25, -0.2) is 4.98 Å². The maximum atomic E-state index is 11.3. The first-order valence-electron chi connectivity index (χ1n) is 5.67. The van der Waals surface area contributed by atoms with Crippen LogP contribution < -0.4 is 10.5 Å². The van der Waals surface area contributed by atoms with Gasteiger partial charge in [0.05, 0.1) is 0 Å². The molecule has 1 aromatic rings. The first-order chi connectivity index (χ1) is 8.16. The zero-order valence-electron chi connectivity index (χ0n) is 9.81. The summed E-state index contributed by atoms with van der Waals surface area (Å²) in [6, 6.07) is 1.72. The Kier molecular flexibility index (Phi) is 3.89. The van der Waals surface area contributed by atoms with Gasteiger partial charge in [-0.3, -0.25) is 4.79 Å². The Balaban J connectivity index is 2.16. The van der Waals surface area contributed by atoms with Crippen molar-refractivity contribution in [2.75, 3.05) is 11.5 Å². The van der Waals surface area contributed by atoms with Gasteiger partial charge >= 0.3 is 0 Å². The molecule has 1 aliphatic rings. The van der Waals surface area contributed by atoms with Gasteiger partial charge < -0.3 is 10.5 Å². The van der Waals surface area contributed by atoms with Crippen molar-refractivity contribution < 1.29 is 9.53 Å². The lowest BCUT2D eigenvalue weighted by Crippen LogP contribution is -2.24. The van der Waals surface area contributed by atoms with Gasteiger partial charge in [0.2, 0.25) is 5.88 Å². The highest BCUT2D eigenvalue weighted by Crippen LogP contribution is 2.24. The quantitative estimate of drug-likeness (QED) is 0.890. The van der Waals surface area contributed by atoms with Gasteiger partial charge in [0.1, 0.15) is 11.7 Å². The molecule has 0 atom stereocenters. The number of nitrogens with two attached hydrogens (primary N) is 1. The van der Waals surface area contributed by atoms with E-state index in [9.17, 15) is 4.79 Å². The second kappa shape index (κ2) is 5.40. The fraction of sp³-hybridized carbons (Fsp3) is 0.500. The Bertz CT molecular complexity index is 417. The first kappa shape index (κ1) is 12.2. The number of carbonyl (C=O) groups is 1. The van der Waals surface area contributed by atoms with Crippen molar-refractivity contribution in [2.45, 2.75) is 25.9 Å². The predicted octanol–water partition coefficient (Wildman–Crippen LogP) is 1.76. The average Bonchev–Trinajstić information content (AvgIpc) is 2.32. The lowest BCUT2D eigenvalue weighted by atomic mass is 10.2. The average molecular weight is 252 g/mol. The molecule has 0 bridgehead atoms. The third-order valence-electron chi connectivity index (χ3n) is 2.70. The Morgan fingerprint density at radius 1 is 1.53 bits per heavy atom. The molecule has 2 rings (SSSR count). The molecule has 0 radical (unpaired) electrons. The zero-order valence-corrected chi connectivity index (χ0v) is 10.6. The molecule has 1 aromatic heterocycles. The lowest BCUT2D eigenvalue weighted by molar-refractivity contribution is 0.0990. The zero-order chi connectivity index (χ0) is 12.3. The second-order valence-electron chi connectivity index (χ2n) is 4.16. The molecule has 2 N–H and O–H groups in total. The number of ether oxygens (including phenoxy) is 1. The number of hydrogen-bond acceptors (Lipinski definition) is 4. The van der Waals surface area contributed by atoms with Crippen molar-refractivity contribution in [3.8, 4) is 5.88 Å². The van der Waals surface area contributed by atoms with E-state index in [2.05, 4.69) is 4.98 Å². The molecule has 0 spiro atoms. The fourth-order valence-electron chi connectivity index (χ4n) is 1.78. The van der Waals surface area contributed by atoms with E-state index in [1.54, 1.807) is 12.3 Å². The van der Waals surface area contributed by atoms with Crippen LogP contribution in [0.5, 0.6) is 5.88 Å². The topological polar surface area (TPSA) is 65.2 Å². The molecule has 92 valence electrons. The summed E-state index contributed by atoms with van der Waals surface area (Å²) in [6.45, 7) is 1.88. The Hall–Kier alpha value is -1.23. The van der Waals surface area contributed by atoms with Crippen molar-refractivity contribution in [3.05, 3.63) is 23.4 Å². The first-order valence-corrected chi connectivity index (χ1v) is 6.83. The molecule has 0 unspecified atom stereocenters. The Morgan fingerprint density at radius 3 is 2.88 bits per heavy atom. The van der Waals surface area contributed by atoms with E-state index < -0.39 is 5.91 Å². The van der Waals surface area contributed by atoms with Crippen LogP contribution in [0.25, 0.3) is 0 Å². The summed E-state index contributed by atoms with van der Waals surface area (Å²) in [5.74, 6) is 2.09. The van der Waals surface area contributed by atoms with Crippen molar-refractivity contribution >= 4 is 17.7 Å². The molecule has 1 aliphatic heterocycles. The van der Waals surface area contributed by atoms with Gasteiger partial charge in [0.15, 0.2) is 0 Å². The molecular weight excluding hydrogens is 236 g/mol. The SMILES string of the molecule is Cc1cnc(OC2CCSCC2)c(C(N)=O)c1. The molecule has 0 aromatic carbocycles. The maximum absolute atomic E-state index is 11.3. The summed E-state index contributed by atoms with van der Waals surface area (Å²) in [5, 5.41) is 0. The van der Waals surface area contributed by atoms with E-state index in [-0.39, 0.29) is 6.10 Å². The van der Waals surface area contributed by atoms with Crippen LogP contribution in [0, 0.1) is 6.92 Å². The Labute approximate surface area is 105 Å². The summed E-state index contributed by atoms with van der Waals surface area (Å²) in [5.41, 5.74) is 6.61. The van der Waals surface area contributed by atoms with Crippen LogP contribution in [-0.4, -0.2) is 28.5 Å². The number of pyridine rings is 1. The van der Waals surface area contributed by atoms with Crippen molar-refractivity contribution in [1.82, 2.24) is 4.98 Å². The van der Waals surface area contributed by atoms with Crippen LogP contribution in [0.2, 0.25) is 0 Å². The number of primary amides is 1. The highest BCUT2D eigenvalue weighted by molar-refractivity contribution is 7.99. The smallest absolute Gasteiger partial charge is 0.254 e. The molecule has 17 heavy (non-hydrogen) atoms. The third kappa shape index (κ3) is 3.12. The van der Waals surface area contributed by atoms with Gasteiger partial charge in [0.25, 0.3) is 5.91 Å². The summed E-state index contributed by atoms with van der Waals surface area (Å²) in [6.07, 6.45) is 3.85. The summed E-state index contributed by atoms with van der Waals surface area (Å²) < 4.78 is 5.78. The third-order valence-corrected chi connectivity index (χ3v) is 3.75. The van der Waals surface area contributed by atoms with Gasteiger partial charge in [-0.05, 0) is 42.9 Å². The minimum Gasteiger partial charge on any atom is -0.474 e. The molecule has 0 saturated carbocycles. The second-order valence-corrected chi connectivity index (χ2v) is 5.38. The minimum absolute atomic E-state index is 0.157. The van der Waals surface area contributed by atoms with Crippen LogP contribution in [0.4, 0.5) is 0 Å². The van der Waals surface area contributed by atoms with Crippen LogP contribution in [0.1, 0.15) is 28.8 Å². The van der Waals surface area contributed by atoms with Gasteiger partial charge in [-0.15, -0.1) is 0 Å².